The first kappa shape index (κ1) is 41.5. The van der Waals surface area contributed by atoms with E-state index in [1.807, 2.05) is 0 Å². The van der Waals surface area contributed by atoms with Crippen LogP contribution in [0.1, 0.15) is 0 Å². The smallest absolute Gasteiger partial charge is 0.220 e. The van der Waals surface area contributed by atoms with Gasteiger partial charge < -0.3 is 9.13 Å². The summed E-state index contributed by atoms with van der Waals surface area (Å²) in [5, 5.41) is 10.5. The number of thiazole rings is 1. The van der Waals surface area contributed by atoms with Crippen LogP contribution in [0.25, 0.3) is 148 Å². The third kappa shape index (κ3) is 5.87. The highest BCUT2D eigenvalue weighted by Gasteiger charge is 2.24. The van der Waals surface area contributed by atoms with Crippen LogP contribution in [-0.2, 0) is 0 Å². The molecule has 0 aliphatic heterocycles. The van der Waals surface area contributed by atoms with Gasteiger partial charge in [-0.05, 0) is 120 Å². The average Bonchev–Trinajstić information content (AvgIpc) is 4.49. The molecule has 0 unspecified atom stereocenters. The molecule has 7 nitrogen and oxygen atoms in total. The van der Waals surface area contributed by atoms with Gasteiger partial charge in [-0.25, -0.2) is 9.97 Å². The van der Waals surface area contributed by atoms with Gasteiger partial charge in [0.15, 0.2) is 5.13 Å². The standard InChI is InChI=1S/C68H41N7S/c1-3-19-44(20-4-1)71-57-29-12-7-24-47(57)51-40-64-52(38-62(51)71)48-25-8-13-30-58(48)74(64)67-69-55-27-10-15-32-60(55)73(67)46-23-17-18-42(36-46)43-34-35-50-54-41-65-53(39-63(54)72(61(50)37-43)45-21-5-2-6-22-45)49-26-9-14-31-59(49)75(65)68-70-56-28-11-16-33-66(56)76-68/h1-41H. The summed E-state index contributed by atoms with van der Waals surface area (Å²) in [7, 11) is 0. The summed E-state index contributed by atoms with van der Waals surface area (Å²) in [6, 6.07) is 90.2. The summed E-state index contributed by atoms with van der Waals surface area (Å²) in [4.78, 5) is 10.7. The summed E-state index contributed by atoms with van der Waals surface area (Å²) in [6.45, 7) is 0. The maximum Gasteiger partial charge on any atom is 0.220 e. The highest BCUT2D eigenvalue weighted by atomic mass is 32.1. The van der Waals surface area contributed by atoms with Crippen LogP contribution in [0.4, 0.5) is 0 Å². The van der Waals surface area contributed by atoms with Crippen LogP contribution in [-0.4, -0.2) is 32.8 Å². The molecule has 6 aromatic heterocycles. The first-order valence-electron chi connectivity index (χ1n) is 25.7. The first-order valence-corrected chi connectivity index (χ1v) is 26.6. The second-order valence-electron chi connectivity index (χ2n) is 19.8. The molecular formula is C68H41N7S. The highest BCUT2D eigenvalue weighted by molar-refractivity contribution is 7.20. The number of hydrogen-bond donors (Lipinski definition) is 0. The number of para-hydroxylation sites is 8. The van der Waals surface area contributed by atoms with Crippen LogP contribution in [0, 0.1) is 0 Å². The molecule has 76 heavy (non-hydrogen) atoms. The van der Waals surface area contributed by atoms with Gasteiger partial charge in [0, 0.05) is 60.2 Å². The number of aromatic nitrogens is 7. The van der Waals surface area contributed by atoms with Crippen molar-refractivity contribution in [1.29, 1.82) is 0 Å². The average molecular weight is 988 g/mol. The molecule has 17 rings (SSSR count). The normalized spacial score (nSPS) is 12.2. The fourth-order valence-corrected chi connectivity index (χ4v) is 13.4. The van der Waals surface area contributed by atoms with E-state index >= 15 is 0 Å². The van der Waals surface area contributed by atoms with Crippen molar-refractivity contribution in [1.82, 2.24) is 32.8 Å². The summed E-state index contributed by atoms with van der Waals surface area (Å²) in [6.07, 6.45) is 0. The minimum absolute atomic E-state index is 0.838. The van der Waals surface area contributed by atoms with Crippen LogP contribution in [0.3, 0.4) is 0 Å². The molecule has 0 fully saturated rings. The summed E-state index contributed by atoms with van der Waals surface area (Å²) < 4.78 is 13.1. The van der Waals surface area contributed by atoms with E-state index < -0.39 is 0 Å². The third-order valence-electron chi connectivity index (χ3n) is 15.7. The van der Waals surface area contributed by atoms with Gasteiger partial charge in [0.05, 0.1) is 65.4 Å². The van der Waals surface area contributed by atoms with E-state index in [0.29, 0.717) is 0 Å². The molecule has 11 aromatic carbocycles. The largest absolute Gasteiger partial charge is 0.309 e. The Morgan fingerprint density at radius 2 is 0.697 bits per heavy atom. The zero-order valence-corrected chi connectivity index (χ0v) is 41.5. The van der Waals surface area contributed by atoms with Crippen LogP contribution < -0.4 is 0 Å². The molecule has 0 saturated heterocycles. The number of benzene rings is 11. The Labute approximate surface area is 438 Å². The van der Waals surface area contributed by atoms with E-state index in [-0.39, 0.29) is 0 Å². The molecule has 0 atom stereocenters. The second-order valence-corrected chi connectivity index (χ2v) is 20.8. The van der Waals surface area contributed by atoms with Gasteiger partial charge in [0.2, 0.25) is 5.95 Å². The molecule has 354 valence electrons. The van der Waals surface area contributed by atoms with E-state index in [1.54, 1.807) is 11.3 Å². The molecule has 0 N–H and O–H groups in total. The number of imidazole rings is 1. The van der Waals surface area contributed by atoms with E-state index in [1.165, 1.54) is 58.8 Å². The Kier molecular flexibility index (Phi) is 8.59. The molecule has 0 spiro atoms. The summed E-state index contributed by atoms with van der Waals surface area (Å²) in [5.74, 6) is 0.838. The molecule has 8 heteroatoms. The molecule has 0 aliphatic rings. The minimum atomic E-state index is 0.838. The van der Waals surface area contributed by atoms with Crippen LogP contribution >= 0.6 is 11.3 Å². The molecule has 0 bridgehead atoms. The monoisotopic (exact) mass is 987 g/mol. The molecule has 17 aromatic rings. The molecular weight excluding hydrogens is 947 g/mol. The van der Waals surface area contributed by atoms with Crippen LogP contribution in [0.5, 0.6) is 0 Å². The van der Waals surface area contributed by atoms with Gasteiger partial charge >= 0.3 is 0 Å². The Morgan fingerprint density at radius 1 is 0.250 bits per heavy atom. The SMILES string of the molecule is c1ccc(-n2c3cc(-c4cccc(-n5c(-n6c7ccccc7c7cc8c(cc76)c6ccccc6n8-c6ccccc6)nc6ccccc65)c4)ccc3c3cc4c(cc32)c2ccccc2n4-c2nc3ccccc3s2)cc1. The molecule has 0 saturated carbocycles. The number of fused-ring (bicyclic) bond motifs is 14. The van der Waals surface area contributed by atoms with Gasteiger partial charge in [-0.2, -0.15) is 0 Å². The lowest BCUT2D eigenvalue weighted by Gasteiger charge is -2.14. The van der Waals surface area contributed by atoms with Crippen molar-refractivity contribution >= 4 is 120 Å². The first-order chi connectivity index (χ1) is 37.7. The predicted octanol–water partition coefficient (Wildman–Crippen LogP) is 17.7. The van der Waals surface area contributed by atoms with Gasteiger partial charge in [-0.3, -0.25) is 13.7 Å². The number of nitrogens with zero attached hydrogens (tertiary/aromatic N) is 7. The minimum Gasteiger partial charge on any atom is -0.309 e. The van der Waals surface area contributed by atoms with Crippen molar-refractivity contribution in [3.05, 3.63) is 249 Å². The van der Waals surface area contributed by atoms with E-state index in [0.717, 1.165) is 88.9 Å². The Balaban J connectivity index is 0.874. The maximum absolute atomic E-state index is 5.53. The van der Waals surface area contributed by atoms with Crippen LogP contribution in [0.2, 0.25) is 0 Å². The van der Waals surface area contributed by atoms with Crippen molar-refractivity contribution in [3.8, 4) is 39.3 Å². The van der Waals surface area contributed by atoms with Crippen molar-refractivity contribution in [2.24, 2.45) is 0 Å². The van der Waals surface area contributed by atoms with Crippen LogP contribution in [0.15, 0.2) is 249 Å². The van der Waals surface area contributed by atoms with E-state index in [4.69, 9.17) is 9.97 Å². The van der Waals surface area contributed by atoms with Crippen molar-refractivity contribution in [3.63, 3.8) is 0 Å². The zero-order valence-electron chi connectivity index (χ0n) is 40.7. The fourth-order valence-electron chi connectivity index (χ4n) is 12.4. The topological polar surface area (TPSA) is 50.4 Å². The zero-order chi connectivity index (χ0) is 49.6. The lowest BCUT2D eigenvalue weighted by atomic mass is 10.0. The summed E-state index contributed by atoms with van der Waals surface area (Å²) in [5.41, 5.74) is 17.7. The predicted molar refractivity (Wildman–Crippen MR) is 317 cm³/mol. The van der Waals surface area contributed by atoms with Gasteiger partial charge in [-0.15, -0.1) is 0 Å². The van der Waals surface area contributed by atoms with Crippen molar-refractivity contribution in [2.75, 3.05) is 0 Å². The van der Waals surface area contributed by atoms with Gasteiger partial charge in [0.1, 0.15) is 0 Å². The maximum atomic E-state index is 5.53. The van der Waals surface area contributed by atoms with E-state index in [2.05, 4.69) is 272 Å². The molecule has 0 aliphatic carbocycles. The molecule has 0 amide bonds. The summed E-state index contributed by atoms with van der Waals surface area (Å²) >= 11 is 1.74. The Hall–Kier alpha value is -10.0. The van der Waals surface area contributed by atoms with Gasteiger partial charge in [0.25, 0.3) is 0 Å². The molecule has 6 heterocycles. The van der Waals surface area contributed by atoms with Crippen molar-refractivity contribution < 1.29 is 0 Å². The highest BCUT2D eigenvalue weighted by Crippen LogP contribution is 2.44. The number of rotatable bonds is 6. The molecule has 0 radical (unpaired) electrons. The lowest BCUT2D eigenvalue weighted by molar-refractivity contribution is 0.956. The quantitative estimate of drug-likeness (QED) is 0.167. The Morgan fingerprint density at radius 3 is 1.33 bits per heavy atom. The Bertz CT molecular complexity index is 5210. The third-order valence-corrected chi connectivity index (χ3v) is 16.7. The number of hydrogen-bond acceptors (Lipinski definition) is 3. The second kappa shape index (κ2) is 15.7. The van der Waals surface area contributed by atoms with E-state index in [9.17, 15) is 0 Å². The lowest BCUT2D eigenvalue weighted by Crippen LogP contribution is -2.05. The van der Waals surface area contributed by atoms with Crippen molar-refractivity contribution in [2.45, 2.75) is 0 Å². The van der Waals surface area contributed by atoms with Gasteiger partial charge in [-0.1, -0.05) is 151 Å². The fraction of sp³-hybridized carbons (Fsp3) is 0.